The molecule has 144 valence electrons. The van der Waals surface area contributed by atoms with Gasteiger partial charge in [0.1, 0.15) is 5.75 Å². The average molecular weight is 384 g/mol. The Balaban J connectivity index is 1.88. The minimum atomic E-state index is -3.59. The largest absolute Gasteiger partial charge is 0.497 e. The first-order valence-electron chi connectivity index (χ1n) is 8.30. The van der Waals surface area contributed by atoms with Crippen molar-refractivity contribution in [1.82, 2.24) is 14.6 Å². The number of hydrogen-bond acceptors (Lipinski definition) is 6. The van der Waals surface area contributed by atoms with E-state index >= 15 is 0 Å². The summed E-state index contributed by atoms with van der Waals surface area (Å²) in [5, 5.41) is 0. The van der Waals surface area contributed by atoms with Crippen LogP contribution in [0.5, 0.6) is 5.75 Å². The normalized spacial score (nSPS) is 15.5. The molecule has 0 saturated carbocycles. The van der Waals surface area contributed by atoms with E-state index in [4.69, 9.17) is 10.6 Å². The van der Waals surface area contributed by atoms with Crippen LogP contribution in [0.25, 0.3) is 0 Å². The highest BCUT2D eigenvalue weighted by molar-refractivity contribution is 7.89. The van der Waals surface area contributed by atoms with Gasteiger partial charge in [0.15, 0.2) is 0 Å². The number of nitrogens with one attached hydrogen (secondary N) is 1. The molecule has 1 saturated heterocycles. The molecule has 1 aromatic carbocycles. The standard InChI is InChI=1S/C16H24N4O5S/c1-25-13-5-7-14(8-6-13)26(23,24)20-11-9-19(10-12-20)16(22)4-2-3-15(21)18-17/h5-8H,2-4,9-12,17H2,1H3,(H,18,21). The zero-order valence-electron chi connectivity index (χ0n) is 14.7. The fraction of sp³-hybridized carbons (Fsp3) is 0.500. The van der Waals surface area contributed by atoms with Crippen molar-refractivity contribution in [3.63, 3.8) is 0 Å². The minimum absolute atomic E-state index is 0.0867. The third-order valence-corrected chi connectivity index (χ3v) is 6.16. The van der Waals surface area contributed by atoms with Gasteiger partial charge in [0.25, 0.3) is 0 Å². The van der Waals surface area contributed by atoms with Crippen LogP contribution in [-0.2, 0) is 19.6 Å². The summed E-state index contributed by atoms with van der Waals surface area (Å²) >= 11 is 0. The van der Waals surface area contributed by atoms with Gasteiger partial charge in [0.2, 0.25) is 21.8 Å². The maximum atomic E-state index is 12.7. The van der Waals surface area contributed by atoms with Gasteiger partial charge in [0.05, 0.1) is 12.0 Å². The third kappa shape index (κ3) is 4.93. The van der Waals surface area contributed by atoms with Gasteiger partial charge in [-0.2, -0.15) is 4.31 Å². The zero-order valence-corrected chi connectivity index (χ0v) is 15.5. The van der Waals surface area contributed by atoms with E-state index in [2.05, 4.69) is 0 Å². The lowest BCUT2D eigenvalue weighted by molar-refractivity contribution is -0.132. The van der Waals surface area contributed by atoms with E-state index in [0.717, 1.165) is 0 Å². The quantitative estimate of drug-likeness (QED) is 0.378. The number of hydrazine groups is 1. The molecule has 1 fully saturated rings. The summed E-state index contributed by atoms with van der Waals surface area (Å²) < 4.78 is 31.8. The minimum Gasteiger partial charge on any atom is -0.497 e. The molecule has 1 aliphatic heterocycles. The lowest BCUT2D eigenvalue weighted by Crippen LogP contribution is -2.50. The van der Waals surface area contributed by atoms with E-state index in [-0.39, 0.29) is 42.6 Å². The Morgan fingerprint density at radius 3 is 2.27 bits per heavy atom. The second kappa shape index (κ2) is 8.97. The number of carbonyl (C=O) groups is 2. The summed E-state index contributed by atoms with van der Waals surface area (Å²) in [6.07, 6.45) is 0.832. The summed E-state index contributed by atoms with van der Waals surface area (Å²) in [5.74, 6) is 5.17. The molecule has 2 rings (SSSR count). The van der Waals surface area contributed by atoms with E-state index in [1.165, 1.54) is 23.5 Å². The molecular formula is C16H24N4O5S. The first kappa shape index (κ1) is 20.1. The Morgan fingerprint density at radius 1 is 1.12 bits per heavy atom. The predicted octanol–water partition coefficient (Wildman–Crippen LogP) is -0.312. The molecule has 0 aromatic heterocycles. The fourth-order valence-corrected chi connectivity index (χ4v) is 4.13. The van der Waals surface area contributed by atoms with Gasteiger partial charge in [-0.25, -0.2) is 14.3 Å². The van der Waals surface area contributed by atoms with Crippen molar-refractivity contribution in [1.29, 1.82) is 0 Å². The maximum Gasteiger partial charge on any atom is 0.243 e. The van der Waals surface area contributed by atoms with Gasteiger partial charge in [-0.15, -0.1) is 0 Å². The highest BCUT2D eigenvalue weighted by Gasteiger charge is 2.29. The number of nitrogens with zero attached hydrogens (tertiary/aromatic N) is 2. The maximum absolute atomic E-state index is 12.7. The summed E-state index contributed by atoms with van der Waals surface area (Å²) in [4.78, 5) is 25.0. The van der Waals surface area contributed by atoms with Crippen LogP contribution in [0.2, 0.25) is 0 Å². The number of amides is 2. The third-order valence-electron chi connectivity index (χ3n) is 4.24. The Kier molecular flexibility index (Phi) is 6.95. The first-order chi connectivity index (χ1) is 12.4. The summed E-state index contributed by atoms with van der Waals surface area (Å²) in [6.45, 7) is 1.14. The zero-order chi connectivity index (χ0) is 19.2. The van der Waals surface area contributed by atoms with Crippen LogP contribution < -0.4 is 16.0 Å². The summed E-state index contributed by atoms with van der Waals surface area (Å²) in [6, 6.07) is 6.22. The van der Waals surface area contributed by atoms with Crippen LogP contribution >= 0.6 is 0 Å². The van der Waals surface area contributed by atoms with Crippen LogP contribution in [0.4, 0.5) is 0 Å². The number of methoxy groups -OCH3 is 1. The Bertz CT molecular complexity index is 728. The lowest BCUT2D eigenvalue weighted by atomic mass is 10.2. The molecule has 10 heteroatoms. The van der Waals surface area contributed by atoms with Gasteiger partial charge in [-0.3, -0.25) is 15.0 Å². The van der Waals surface area contributed by atoms with Gasteiger partial charge < -0.3 is 9.64 Å². The van der Waals surface area contributed by atoms with Gasteiger partial charge >= 0.3 is 0 Å². The fourth-order valence-electron chi connectivity index (χ4n) is 2.71. The molecule has 1 aliphatic rings. The topological polar surface area (TPSA) is 122 Å². The molecule has 3 N–H and O–H groups in total. The number of piperazine rings is 1. The SMILES string of the molecule is COc1ccc(S(=O)(=O)N2CCN(C(=O)CCCC(=O)NN)CC2)cc1. The van der Waals surface area contributed by atoms with Crippen molar-refractivity contribution >= 4 is 21.8 Å². The van der Waals surface area contributed by atoms with Crippen LogP contribution in [0.15, 0.2) is 29.2 Å². The molecule has 0 spiro atoms. The number of nitrogens with two attached hydrogens (primary N) is 1. The molecule has 1 aromatic rings. The number of ether oxygens (including phenoxy) is 1. The van der Waals surface area contributed by atoms with Gasteiger partial charge in [-0.05, 0) is 30.7 Å². The van der Waals surface area contributed by atoms with Crippen LogP contribution in [0, 0.1) is 0 Å². The highest BCUT2D eigenvalue weighted by Crippen LogP contribution is 2.21. The van der Waals surface area contributed by atoms with Crippen LogP contribution in [0.1, 0.15) is 19.3 Å². The average Bonchev–Trinajstić information content (AvgIpc) is 2.67. The second-order valence-electron chi connectivity index (χ2n) is 5.88. The molecule has 1 heterocycles. The molecule has 0 bridgehead atoms. The first-order valence-corrected chi connectivity index (χ1v) is 9.74. The van der Waals surface area contributed by atoms with Crippen LogP contribution in [0.3, 0.4) is 0 Å². The number of carbonyl (C=O) groups excluding carboxylic acids is 2. The van der Waals surface area contributed by atoms with Crippen molar-refractivity contribution in [3.8, 4) is 5.75 Å². The number of sulfonamides is 1. The van der Waals surface area contributed by atoms with Crippen molar-refractivity contribution < 1.29 is 22.7 Å². The number of rotatable bonds is 7. The summed E-state index contributed by atoms with van der Waals surface area (Å²) in [7, 11) is -2.08. The molecule has 0 unspecified atom stereocenters. The van der Waals surface area contributed by atoms with Crippen LogP contribution in [-0.4, -0.2) is 62.7 Å². The molecule has 0 atom stereocenters. The number of benzene rings is 1. The molecule has 26 heavy (non-hydrogen) atoms. The lowest BCUT2D eigenvalue weighted by Gasteiger charge is -2.34. The second-order valence-corrected chi connectivity index (χ2v) is 7.82. The summed E-state index contributed by atoms with van der Waals surface area (Å²) in [5.41, 5.74) is 2.02. The van der Waals surface area contributed by atoms with Crippen molar-refractivity contribution in [3.05, 3.63) is 24.3 Å². The van der Waals surface area contributed by atoms with Gasteiger partial charge in [0, 0.05) is 39.0 Å². The van der Waals surface area contributed by atoms with Crippen molar-refractivity contribution in [2.75, 3.05) is 33.3 Å². The monoisotopic (exact) mass is 384 g/mol. The molecule has 0 radical (unpaired) electrons. The van der Waals surface area contributed by atoms with Crippen molar-refractivity contribution in [2.24, 2.45) is 5.84 Å². The molecule has 9 nitrogen and oxygen atoms in total. The number of hydrogen-bond donors (Lipinski definition) is 2. The van der Waals surface area contributed by atoms with E-state index < -0.39 is 10.0 Å². The van der Waals surface area contributed by atoms with E-state index in [1.54, 1.807) is 17.0 Å². The molecule has 2 amide bonds. The van der Waals surface area contributed by atoms with Crippen molar-refractivity contribution in [2.45, 2.75) is 24.2 Å². The highest BCUT2D eigenvalue weighted by atomic mass is 32.2. The Hall–Kier alpha value is -2.17. The Labute approximate surface area is 153 Å². The molecule has 0 aliphatic carbocycles. The molecular weight excluding hydrogens is 360 g/mol. The smallest absolute Gasteiger partial charge is 0.243 e. The van der Waals surface area contributed by atoms with E-state index in [0.29, 0.717) is 25.3 Å². The van der Waals surface area contributed by atoms with E-state index in [9.17, 15) is 18.0 Å². The predicted molar refractivity (Wildman–Crippen MR) is 94.5 cm³/mol. The van der Waals surface area contributed by atoms with Gasteiger partial charge in [-0.1, -0.05) is 0 Å². The Morgan fingerprint density at radius 2 is 1.73 bits per heavy atom. The van der Waals surface area contributed by atoms with E-state index in [1.807, 2.05) is 5.43 Å².